The minimum absolute atomic E-state index is 0.0374. The first kappa shape index (κ1) is 45.4. The van der Waals surface area contributed by atoms with Crippen LogP contribution in [0, 0.1) is 0 Å². The third-order valence-corrected chi connectivity index (χ3v) is 10.1. The Morgan fingerprint density at radius 1 is 0.734 bits per heavy atom. The molecule has 0 radical (unpaired) electrons. The number of hydrogen-bond donors (Lipinski definition) is 0. The zero-order valence-electron chi connectivity index (χ0n) is 34.5. The van der Waals surface area contributed by atoms with Gasteiger partial charge in [0.05, 0.1) is 34.2 Å². The molecule has 0 fully saturated rings. The quantitative estimate of drug-likeness (QED) is 0.0130. The Morgan fingerprint density at radius 2 is 1.41 bits per heavy atom. The van der Waals surface area contributed by atoms with Crippen LogP contribution < -0.4 is 19.2 Å². The summed E-state index contributed by atoms with van der Waals surface area (Å²) in [5.74, 6) is -2.33. The van der Waals surface area contributed by atoms with Crippen molar-refractivity contribution >= 4 is 73.5 Å². The molecule has 0 N–H and O–H groups in total. The molecule has 0 saturated carbocycles. The van der Waals surface area contributed by atoms with E-state index in [1.165, 1.54) is 47.7 Å². The average Bonchev–Trinajstić information content (AvgIpc) is 3.78. The first-order valence-corrected chi connectivity index (χ1v) is 20.3. The van der Waals surface area contributed by atoms with Gasteiger partial charge in [-0.15, -0.1) is 0 Å². The number of thiazole rings is 1. The van der Waals surface area contributed by atoms with Gasteiger partial charge < -0.3 is 33.2 Å². The summed E-state index contributed by atoms with van der Waals surface area (Å²) >= 11 is 1.48. The fourth-order valence-electron chi connectivity index (χ4n) is 5.78. The molecule has 6 aromatic rings. The number of fused-ring (bicyclic) bond motifs is 3. The molecule has 0 bridgehead atoms. The lowest BCUT2D eigenvalue weighted by molar-refractivity contribution is -0.154. The molecule has 0 spiro atoms. The van der Waals surface area contributed by atoms with Crippen molar-refractivity contribution in [3.05, 3.63) is 163 Å². The van der Waals surface area contributed by atoms with Crippen LogP contribution >= 0.6 is 11.3 Å². The highest BCUT2D eigenvalue weighted by atomic mass is 32.1. The Hall–Kier alpha value is -8.11. The second-order valence-corrected chi connectivity index (χ2v) is 14.4. The monoisotopic (exact) mass is 883 g/mol. The summed E-state index contributed by atoms with van der Waals surface area (Å²) in [6.07, 6.45) is 3.92. The lowest BCUT2D eigenvalue weighted by atomic mass is 10.1. The summed E-state index contributed by atoms with van der Waals surface area (Å²) in [5, 5.41) is 9.04. The van der Waals surface area contributed by atoms with E-state index in [9.17, 15) is 24.0 Å². The van der Waals surface area contributed by atoms with Crippen LogP contribution in [0.4, 0.5) is 5.13 Å². The van der Waals surface area contributed by atoms with Crippen molar-refractivity contribution in [3.8, 4) is 17.2 Å². The van der Waals surface area contributed by atoms with Gasteiger partial charge in [0.25, 0.3) is 0 Å². The van der Waals surface area contributed by atoms with Gasteiger partial charge in [0.2, 0.25) is 11.9 Å². The molecule has 15 nitrogen and oxygen atoms in total. The van der Waals surface area contributed by atoms with Gasteiger partial charge in [-0.25, -0.2) is 34.0 Å². The molecular formula is C48H41N3O12S. The van der Waals surface area contributed by atoms with Crippen molar-refractivity contribution in [1.29, 1.82) is 0 Å². The molecule has 1 heterocycles. The molecule has 64 heavy (non-hydrogen) atoms. The number of hydrogen-bond acceptors (Lipinski definition) is 16. The lowest BCUT2D eigenvalue weighted by Crippen LogP contribution is -2.30. The molecule has 1 atom stereocenters. The number of anilines is 1. The van der Waals surface area contributed by atoms with E-state index in [1.54, 1.807) is 48.6 Å². The Labute approximate surface area is 371 Å². The number of benzene rings is 5. The predicted octanol–water partition coefficient (Wildman–Crippen LogP) is 7.81. The number of rotatable bonds is 21. The molecule has 6 rings (SSSR count). The second-order valence-electron chi connectivity index (χ2n) is 13.4. The van der Waals surface area contributed by atoms with Crippen LogP contribution in [0.25, 0.3) is 21.0 Å². The minimum Gasteiger partial charge on any atom is -0.490 e. The first-order valence-electron chi connectivity index (χ1n) is 19.5. The van der Waals surface area contributed by atoms with Crippen molar-refractivity contribution in [2.45, 2.75) is 12.5 Å². The molecule has 16 heteroatoms. The van der Waals surface area contributed by atoms with E-state index in [1.807, 2.05) is 30.3 Å². The molecular weight excluding hydrogens is 843 g/mol. The van der Waals surface area contributed by atoms with Crippen molar-refractivity contribution < 1.29 is 57.1 Å². The lowest BCUT2D eigenvalue weighted by Gasteiger charge is -2.17. The molecule has 0 aliphatic rings. The van der Waals surface area contributed by atoms with Crippen LogP contribution in [0.3, 0.4) is 0 Å². The van der Waals surface area contributed by atoms with Crippen molar-refractivity contribution in [2.24, 2.45) is 5.10 Å². The van der Waals surface area contributed by atoms with E-state index in [2.05, 4.69) is 30.9 Å². The van der Waals surface area contributed by atoms with Crippen molar-refractivity contribution in [2.75, 3.05) is 38.7 Å². The fourth-order valence-corrected chi connectivity index (χ4v) is 6.68. The third-order valence-electron chi connectivity index (χ3n) is 9.06. The highest BCUT2D eigenvalue weighted by Gasteiger charge is 2.18. The molecule has 0 aliphatic carbocycles. The van der Waals surface area contributed by atoms with Gasteiger partial charge in [-0.1, -0.05) is 67.5 Å². The van der Waals surface area contributed by atoms with Crippen molar-refractivity contribution in [3.63, 3.8) is 0 Å². The number of ether oxygens (including phenoxy) is 7. The number of hydrazone groups is 1. The normalized spacial score (nSPS) is 11.3. The summed E-state index contributed by atoms with van der Waals surface area (Å²) in [7, 11) is 1.77. The summed E-state index contributed by atoms with van der Waals surface area (Å²) < 4.78 is 38.5. The summed E-state index contributed by atoms with van der Waals surface area (Å²) in [6, 6.07) is 29.5. The Bertz CT molecular complexity index is 2710. The van der Waals surface area contributed by atoms with Crippen LogP contribution in [-0.2, 0) is 39.8 Å². The van der Waals surface area contributed by atoms with Gasteiger partial charge in [-0.3, -0.25) is 0 Å². The van der Waals surface area contributed by atoms with Crippen molar-refractivity contribution in [1.82, 2.24) is 4.98 Å². The molecule has 5 aromatic carbocycles. The van der Waals surface area contributed by atoms with Gasteiger partial charge in [0.15, 0.2) is 6.10 Å². The van der Waals surface area contributed by atoms with E-state index in [-0.39, 0.29) is 37.9 Å². The Morgan fingerprint density at radius 3 is 2.12 bits per heavy atom. The van der Waals surface area contributed by atoms with Gasteiger partial charge in [0, 0.05) is 42.6 Å². The third kappa shape index (κ3) is 12.5. The number of esters is 5. The topological polar surface area (TPSA) is 178 Å². The van der Waals surface area contributed by atoms with Crippen LogP contribution in [0.5, 0.6) is 17.2 Å². The Balaban J connectivity index is 1.14. The largest absolute Gasteiger partial charge is 0.490 e. The van der Waals surface area contributed by atoms with Gasteiger partial charge >= 0.3 is 29.8 Å². The van der Waals surface area contributed by atoms with E-state index in [0.717, 1.165) is 44.8 Å². The van der Waals surface area contributed by atoms with Gasteiger partial charge in [-0.2, -0.15) is 5.10 Å². The number of carbonyl (C=O) groups excluding carboxylic acids is 5. The van der Waals surface area contributed by atoms with E-state index in [4.69, 9.17) is 38.1 Å². The standard InChI is InChI=1S/C48H41N3O12S/c1-5-42(52)59-29-38(62-44(54)7-3)28-58-36-18-15-34(16-19-36)47(56)63-40-22-12-31(24-25-57-46(55)33-13-20-37(21-14-33)60-30-61-43(53)6-2)26-35(40)27-49-51(4)48-50-45-39-11-9-8-10-32(39)17-23-41(45)64-48/h5-23,26-27,38H,1-3,24-25,28-30H2,4H3/b49-27+. The van der Waals surface area contributed by atoms with E-state index in [0.29, 0.717) is 34.2 Å². The van der Waals surface area contributed by atoms with Crippen LogP contribution in [0.1, 0.15) is 31.8 Å². The summed E-state index contributed by atoms with van der Waals surface area (Å²) in [4.78, 5) is 65.7. The zero-order valence-corrected chi connectivity index (χ0v) is 35.3. The number of nitrogens with zero attached hydrogens (tertiary/aromatic N) is 3. The summed E-state index contributed by atoms with van der Waals surface area (Å²) in [5.41, 5.74) is 2.58. The zero-order chi connectivity index (χ0) is 45.4. The maximum absolute atomic E-state index is 13.5. The maximum atomic E-state index is 13.5. The minimum atomic E-state index is -0.940. The SMILES string of the molecule is C=CC(=O)OCOc1ccc(C(=O)OCCc2ccc(OC(=O)c3ccc(OCC(COC(=O)C=C)OC(=O)C=C)cc3)c(/C=N/N(C)c3nc4c(ccc5ccccc54)s3)c2)cc1. The number of carbonyl (C=O) groups is 5. The van der Waals surface area contributed by atoms with Crippen LogP contribution in [0.15, 0.2) is 146 Å². The first-order chi connectivity index (χ1) is 31.0. The predicted molar refractivity (Wildman–Crippen MR) is 240 cm³/mol. The van der Waals surface area contributed by atoms with Gasteiger partial charge in [-0.05, 0) is 77.7 Å². The molecule has 326 valence electrons. The van der Waals surface area contributed by atoms with Gasteiger partial charge in [0.1, 0.15) is 30.5 Å². The molecule has 0 saturated heterocycles. The Kier molecular flexibility index (Phi) is 15.7. The number of aromatic nitrogens is 1. The second kappa shape index (κ2) is 22.1. The highest BCUT2D eigenvalue weighted by Crippen LogP contribution is 2.33. The highest BCUT2D eigenvalue weighted by molar-refractivity contribution is 7.22. The fraction of sp³-hybridized carbons (Fsp3) is 0.146. The smallest absolute Gasteiger partial charge is 0.343 e. The molecule has 0 aliphatic heterocycles. The molecule has 0 amide bonds. The van der Waals surface area contributed by atoms with Crippen LogP contribution in [-0.4, -0.2) is 80.8 Å². The summed E-state index contributed by atoms with van der Waals surface area (Å²) in [6.45, 7) is 9.32. The molecule has 1 unspecified atom stereocenters. The molecule has 1 aromatic heterocycles. The van der Waals surface area contributed by atoms with E-state index >= 15 is 0 Å². The maximum Gasteiger partial charge on any atom is 0.343 e. The average molecular weight is 884 g/mol. The van der Waals surface area contributed by atoms with Crippen LogP contribution in [0.2, 0.25) is 0 Å². The van der Waals surface area contributed by atoms with E-state index < -0.39 is 36.0 Å².